The molecule has 16 heavy (non-hydrogen) atoms. The highest BCUT2D eigenvalue weighted by Crippen LogP contribution is 2.11. The van der Waals surface area contributed by atoms with Gasteiger partial charge in [0.05, 0.1) is 12.4 Å². The van der Waals surface area contributed by atoms with E-state index in [2.05, 4.69) is 25.6 Å². The van der Waals surface area contributed by atoms with Crippen LogP contribution in [0, 0.1) is 6.92 Å². The van der Waals surface area contributed by atoms with Gasteiger partial charge in [0, 0.05) is 11.8 Å². The molecule has 0 radical (unpaired) electrons. The fourth-order valence-corrected chi connectivity index (χ4v) is 1.41. The lowest BCUT2D eigenvalue weighted by molar-refractivity contribution is 0.747. The van der Waals surface area contributed by atoms with Crippen LogP contribution in [0.5, 0.6) is 0 Å². The van der Waals surface area contributed by atoms with Crippen molar-refractivity contribution < 1.29 is 0 Å². The number of hydrogen-bond acceptors (Lipinski definition) is 6. The van der Waals surface area contributed by atoms with Crippen LogP contribution in [0.3, 0.4) is 0 Å². The third-order valence-electron chi connectivity index (χ3n) is 2.26. The van der Waals surface area contributed by atoms with E-state index in [9.17, 15) is 0 Å². The molecule has 3 aromatic heterocycles. The highest BCUT2D eigenvalue weighted by molar-refractivity contribution is 5.41. The molecule has 0 aromatic carbocycles. The van der Waals surface area contributed by atoms with Gasteiger partial charge in [0.2, 0.25) is 0 Å². The Morgan fingerprint density at radius 3 is 2.94 bits per heavy atom. The van der Waals surface area contributed by atoms with E-state index in [1.165, 1.54) is 0 Å². The molecule has 8 nitrogen and oxygen atoms in total. The minimum Gasteiger partial charge on any atom is -0.382 e. The zero-order valence-electron chi connectivity index (χ0n) is 8.44. The van der Waals surface area contributed by atoms with Crippen molar-refractivity contribution in [3.8, 4) is 5.82 Å². The molecule has 0 aliphatic heterocycles. The molecule has 3 aromatic rings. The summed E-state index contributed by atoms with van der Waals surface area (Å²) in [7, 11) is 0. The largest absolute Gasteiger partial charge is 0.382 e. The average molecular weight is 216 g/mol. The minimum atomic E-state index is 0.477. The molecule has 0 atom stereocenters. The third kappa shape index (κ3) is 1.13. The first-order chi connectivity index (χ1) is 7.75. The van der Waals surface area contributed by atoms with Crippen LogP contribution in [0.25, 0.3) is 11.5 Å². The van der Waals surface area contributed by atoms with Crippen molar-refractivity contribution in [1.82, 2.24) is 34.8 Å². The second-order valence-corrected chi connectivity index (χ2v) is 3.36. The first-order valence-electron chi connectivity index (χ1n) is 4.60. The summed E-state index contributed by atoms with van der Waals surface area (Å²) < 4.78 is 3.14. The number of fused-ring (bicyclic) bond motifs is 1. The van der Waals surface area contributed by atoms with Gasteiger partial charge in [-0.05, 0) is 17.4 Å². The lowest BCUT2D eigenvalue weighted by Crippen LogP contribution is -2.05. The van der Waals surface area contributed by atoms with Crippen molar-refractivity contribution in [2.75, 3.05) is 5.73 Å². The smallest absolute Gasteiger partial charge is 0.199 e. The molecule has 0 aliphatic rings. The van der Waals surface area contributed by atoms with E-state index in [0.29, 0.717) is 17.3 Å². The Bertz CT molecular complexity index is 631. The van der Waals surface area contributed by atoms with Crippen molar-refractivity contribution in [1.29, 1.82) is 0 Å². The standard InChI is InChI=1S/C8H8N8/c1-5-4-15(12-8(5)9)7-3-10-2-6-11-13-14-16(6)7/h2-4H,1H3,(H2,9,12). The maximum atomic E-state index is 5.68. The van der Waals surface area contributed by atoms with E-state index in [0.717, 1.165) is 5.56 Å². The predicted octanol–water partition coefficient (Wildman–Crippen LogP) is -0.404. The number of anilines is 1. The van der Waals surface area contributed by atoms with Crippen LogP contribution in [0.1, 0.15) is 5.56 Å². The highest BCUT2D eigenvalue weighted by atomic mass is 15.5. The number of aromatic nitrogens is 7. The van der Waals surface area contributed by atoms with Crippen LogP contribution < -0.4 is 5.73 Å². The number of nitrogen functional groups attached to an aromatic ring is 1. The second-order valence-electron chi connectivity index (χ2n) is 3.36. The fourth-order valence-electron chi connectivity index (χ4n) is 1.41. The zero-order chi connectivity index (χ0) is 11.1. The van der Waals surface area contributed by atoms with Gasteiger partial charge >= 0.3 is 0 Å². The molecule has 3 rings (SSSR count). The summed E-state index contributed by atoms with van der Waals surface area (Å²) in [6, 6.07) is 0. The van der Waals surface area contributed by atoms with Crippen molar-refractivity contribution in [2.24, 2.45) is 0 Å². The van der Waals surface area contributed by atoms with Gasteiger partial charge in [0.1, 0.15) is 5.82 Å². The lowest BCUT2D eigenvalue weighted by atomic mass is 10.4. The Morgan fingerprint density at radius 2 is 2.19 bits per heavy atom. The molecule has 0 amide bonds. The average Bonchev–Trinajstić information content (AvgIpc) is 2.85. The Kier molecular flexibility index (Phi) is 1.64. The molecule has 0 unspecified atom stereocenters. The molecule has 0 saturated heterocycles. The van der Waals surface area contributed by atoms with Crippen LogP contribution in [0.2, 0.25) is 0 Å². The molecule has 0 fully saturated rings. The van der Waals surface area contributed by atoms with Gasteiger partial charge in [-0.15, -0.1) is 10.2 Å². The van der Waals surface area contributed by atoms with Gasteiger partial charge in [-0.2, -0.15) is 4.52 Å². The molecular formula is C8H8N8. The Morgan fingerprint density at radius 1 is 1.31 bits per heavy atom. The Hall–Kier alpha value is -2.51. The summed E-state index contributed by atoms with van der Waals surface area (Å²) in [5.41, 5.74) is 7.14. The number of tetrazole rings is 1. The SMILES string of the molecule is Cc1cn(-c2cncc3nnnn23)nc1N. The van der Waals surface area contributed by atoms with Crippen LogP contribution in [0.15, 0.2) is 18.6 Å². The van der Waals surface area contributed by atoms with Gasteiger partial charge < -0.3 is 5.73 Å². The van der Waals surface area contributed by atoms with Crippen molar-refractivity contribution in [3.63, 3.8) is 0 Å². The number of nitrogens with two attached hydrogens (primary N) is 1. The van der Waals surface area contributed by atoms with Crippen LogP contribution in [-0.4, -0.2) is 34.8 Å². The maximum absolute atomic E-state index is 5.68. The summed E-state index contributed by atoms with van der Waals surface area (Å²) in [5.74, 6) is 1.12. The van der Waals surface area contributed by atoms with Crippen LogP contribution >= 0.6 is 0 Å². The molecule has 2 N–H and O–H groups in total. The van der Waals surface area contributed by atoms with Crippen LogP contribution in [-0.2, 0) is 0 Å². The second kappa shape index (κ2) is 2.99. The number of nitrogens with zero attached hydrogens (tertiary/aromatic N) is 7. The van der Waals surface area contributed by atoms with Crippen molar-refractivity contribution in [3.05, 3.63) is 24.2 Å². The van der Waals surface area contributed by atoms with E-state index in [1.807, 2.05) is 6.92 Å². The predicted molar refractivity (Wildman–Crippen MR) is 54.8 cm³/mol. The summed E-state index contributed by atoms with van der Waals surface area (Å²) in [4.78, 5) is 4.04. The normalized spacial score (nSPS) is 11.1. The first kappa shape index (κ1) is 8.77. The molecule has 0 spiro atoms. The fraction of sp³-hybridized carbons (Fsp3) is 0.125. The number of rotatable bonds is 1. The summed E-state index contributed by atoms with van der Waals surface area (Å²) >= 11 is 0. The zero-order valence-corrected chi connectivity index (χ0v) is 8.44. The molecule has 8 heteroatoms. The van der Waals surface area contributed by atoms with E-state index < -0.39 is 0 Å². The van der Waals surface area contributed by atoms with E-state index in [4.69, 9.17) is 5.73 Å². The van der Waals surface area contributed by atoms with E-state index in [-0.39, 0.29) is 0 Å². The van der Waals surface area contributed by atoms with E-state index >= 15 is 0 Å². The van der Waals surface area contributed by atoms with Crippen molar-refractivity contribution >= 4 is 11.5 Å². The summed E-state index contributed by atoms with van der Waals surface area (Å²) in [6.45, 7) is 1.88. The third-order valence-corrected chi connectivity index (χ3v) is 2.26. The molecule has 0 bridgehead atoms. The number of hydrogen-bond donors (Lipinski definition) is 1. The van der Waals surface area contributed by atoms with Crippen molar-refractivity contribution in [2.45, 2.75) is 6.92 Å². The Labute approximate surface area is 89.7 Å². The van der Waals surface area contributed by atoms with Gasteiger partial charge in [-0.3, -0.25) is 4.98 Å². The number of aryl methyl sites for hydroxylation is 1. The molecule has 0 saturated carbocycles. The lowest BCUT2D eigenvalue weighted by Gasteiger charge is -2.00. The summed E-state index contributed by atoms with van der Waals surface area (Å²) in [5, 5.41) is 15.4. The minimum absolute atomic E-state index is 0.477. The van der Waals surface area contributed by atoms with E-state index in [1.54, 1.807) is 27.8 Å². The van der Waals surface area contributed by atoms with Gasteiger partial charge in [0.25, 0.3) is 0 Å². The molecule has 3 heterocycles. The highest BCUT2D eigenvalue weighted by Gasteiger charge is 2.08. The molecular weight excluding hydrogens is 208 g/mol. The van der Waals surface area contributed by atoms with Gasteiger partial charge in [0.15, 0.2) is 11.5 Å². The summed E-state index contributed by atoms with van der Waals surface area (Å²) in [6.07, 6.45) is 4.99. The van der Waals surface area contributed by atoms with Gasteiger partial charge in [-0.1, -0.05) is 0 Å². The van der Waals surface area contributed by atoms with Crippen LogP contribution in [0.4, 0.5) is 5.82 Å². The quantitative estimate of drug-likeness (QED) is 0.593. The molecule has 80 valence electrons. The maximum Gasteiger partial charge on any atom is 0.199 e. The Balaban J connectivity index is 2.29. The monoisotopic (exact) mass is 216 g/mol. The topological polar surface area (TPSA) is 99.8 Å². The van der Waals surface area contributed by atoms with Gasteiger partial charge in [-0.25, -0.2) is 4.68 Å². The first-order valence-corrected chi connectivity index (χ1v) is 4.60. The molecule has 0 aliphatic carbocycles.